The largest absolute Gasteiger partial charge is 0.308 e. The molecule has 2 rings (SSSR count). The molecule has 2 aromatic rings. The lowest BCUT2D eigenvalue weighted by Gasteiger charge is -2.06. The summed E-state index contributed by atoms with van der Waals surface area (Å²) in [5.41, 5.74) is 3.46. The van der Waals surface area contributed by atoms with Crippen molar-refractivity contribution >= 4 is 17.6 Å². The second-order valence-corrected chi connectivity index (χ2v) is 4.95. The summed E-state index contributed by atoms with van der Waals surface area (Å²) in [5, 5.41) is 0. The summed E-state index contributed by atoms with van der Waals surface area (Å²) in [6, 6.07) is 8.29. The van der Waals surface area contributed by atoms with Gasteiger partial charge >= 0.3 is 0 Å². The molecule has 1 heterocycles. The van der Waals surface area contributed by atoms with Crippen molar-refractivity contribution in [2.75, 3.05) is 5.43 Å². The number of aromatic nitrogens is 2. The number of thioether (sulfide) groups is 1. The third-order valence-corrected chi connectivity index (χ3v) is 3.49. The summed E-state index contributed by atoms with van der Waals surface area (Å²) < 4.78 is 13.1. The van der Waals surface area contributed by atoms with Crippen molar-refractivity contribution in [2.45, 2.75) is 24.0 Å². The van der Waals surface area contributed by atoms with E-state index in [2.05, 4.69) is 15.4 Å². The zero-order valence-electron chi connectivity index (χ0n) is 10.6. The molecule has 100 valence electrons. The molecule has 0 spiro atoms. The van der Waals surface area contributed by atoms with Crippen LogP contribution in [0.2, 0.25) is 0 Å². The molecule has 0 aliphatic carbocycles. The topological polar surface area (TPSA) is 63.8 Å². The Morgan fingerprint density at radius 1 is 1.32 bits per heavy atom. The molecule has 0 atom stereocenters. The number of hydrazine groups is 1. The molecular formula is C13H15FN4S. The highest BCUT2D eigenvalue weighted by Crippen LogP contribution is 2.22. The van der Waals surface area contributed by atoms with Gasteiger partial charge in [0.25, 0.3) is 0 Å². The molecule has 0 fully saturated rings. The van der Waals surface area contributed by atoms with Crippen molar-refractivity contribution in [1.82, 2.24) is 9.97 Å². The molecule has 0 aliphatic rings. The van der Waals surface area contributed by atoms with Crippen molar-refractivity contribution in [1.29, 1.82) is 0 Å². The molecule has 0 aliphatic heterocycles. The minimum absolute atomic E-state index is 0.238. The fraction of sp³-hybridized carbons (Fsp3) is 0.231. The second-order valence-electron chi connectivity index (χ2n) is 3.90. The van der Waals surface area contributed by atoms with Gasteiger partial charge in [-0.1, -0.05) is 13.0 Å². The minimum Gasteiger partial charge on any atom is -0.308 e. The SMILES string of the molecule is CCc1cc(NN)nc(CSc2cccc(F)c2)n1. The molecular weight excluding hydrogens is 263 g/mol. The maximum absolute atomic E-state index is 13.1. The maximum Gasteiger partial charge on any atom is 0.143 e. The fourth-order valence-corrected chi connectivity index (χ4v) is 2.37. The highest BCUT2D eigenvalue weighted by molar-refractivity contribution is 7.98. The zero-order valence-corrected chi connectivity index (χ0v) is 11.4. The van der Waals surface area contributed by atoms with Gasteiger partial charge in [-0.05, 0) is 24.6 Å². The minimum atomic E-state index is -0.238. The van der Waals surface area contributed by atoms with E-state index in [4.69, 9.17) is 5.84 Å². The van der Waals surface area contributed by atoms with Crippen molar-refractivity contribution in [2.24, 2.45) is 5.84 Å². The average molecular weight is 278 g/mol. The number of hydrogen-bond acceptors (Lipinski definition) is 5. The molecule has 1 aromatic heterocycles. The van der Waals surface area contributed by atoms with Gasteiger partial charge in [-0.25, -0.2) is 20.2 Å². The van der Waals surface area contributed by atoms with Gasteiger partial charge in [0.15, 0.2) is 0 Å². The molecule has 6 heteroatoms. The van der Waals surface area contributed by atoms with Crippen LogP contribution in [-0.4, -0.2) is 9.97 Å². The Kier molecular flexibility index (Phi) is 4.70. The Hall–Kier alpha value is -1.66. The van der Waals surface area contributed by atoms with Gasteiger partial charge in [-0.3, -0.25) is 0 Å². The van der Waals surface area contributed by atoms with Crippen LogP contribution in [0.4, 0.5) is 10.2 Å². The summed E-state index contributed by atoms with van der Waals surface area (Å²) >= 11 is 1.49. The molecule has 0 amide bonds. The number of halogens is 1. The van der Waals surface area contributed by atoms with Crippen LogP contribution < -0.4 is 11.3 Å². The molecule has 1 aromatic carbocycles. The smallest absolute Gasteiger partial charge is 0.143 e. The Balaban J connectivity index is 2.10. The first-order valence-corrected chi connectivity index (χ1v) is 6.91. The molecule has 3 N–H and O–H groups in total. The zero-order chi connectivity index (χ0) is 13.7. The van der Waals surface area contributed by atoms with Gasteiger partial charge < -0.3 is 5.43 Å². The van der Waals surface area contributed by atoms with Crippen molar-refractivity contribution in [3.05, 3.63) is 47.7 Å². The predicted octanol–water partition coefficient (Wildman–Crippen LogP) is 2.76. The number of nitrogens with one attached hydrogen (secondary N) is 1. The molecule has 0 unspecified atom stereocenters. The van der Waals surface area contributed by atoms with Crippen LogP contribution in [0, 0.1) is 5.82 Å². The average Bonchev–Trinajstić information content (AvgIpc) is 2.44. The van der Waals surface area contributed by atoms with Gasteiger partial charge in [0, 0.05) is 16.7 Å². The van der Waals surface area contributed by atoms with E-state index in [0.717, 1.165) is 17.0 Å². The number of nitrogens with two attached hydrogens (primary N) is 1. The van der Waals surface area contributed by atoms with Crippen molar-refractivity contribution in [3.63, 3.8) is 0 Å². The van der Waals surface area contributed by atoms with Crippen LogP contribution in [0.3, 0.4) is 0 Å². The summed E-state index contributed by atoms with van der Waals surface area (Å²) in [4.78, 5) is 9.55. The highest BCUT2D eigenvalue weighted by Gasteiger charge is 2.04. The fourth-order valence-electron chi connectivity index (χ4n) is 1.58. The van der Waals surface area contributed by atoms with E-state index < -0.39 is 0 Å². The second kappa shape index (κ2) is 6.49. The predicted molar refractivity (Wildman–Crippen MR) is 75.2 cm³/mol. The van der Waals surface area contributed by atoms with E-state index in [1.165, 1.54) is 23.9 Å². The third kappa shape index (κ3) is 3.90. The lowest BCUT2D eigenvalue weighted by Crippen LogP contribution is -2.11. The Bertz CT molecular complexity index is 540. The van der Waals surface area contributed by atoms with Crippen LogP contribution in [0.15, 0.2) is 35.2 Å². The molecule has 0 bridgehead atoms. The third-order valence-electron chi connectivity index (χ3n) is 2.50. The van der Waals surface area contributed by atoms with Crippen LogP contribution in [0.25, 0.3) is 0 Å². The normalized spacial score (nSPS) is 10.5. The van der Waals surface area contributed by atoms with Gasteiger partial charge in [0.05, 0.1) is 5.75 Å². The Morgan fingerprint density at radius 2 is 2.16 bits per heavy atom. The summed E-state index contributed by atoms with van der Waals surface area (Å²) in [6.07, 6.45) is 0.814. The highest BCUT2D eigenvalue weighted by atomic mass is 32.2. The monoisotopic (exact) mass is 278 g/mol. The molecule has 4 nitrogen and oxygen atoms in total. The number of hydrogen-bond donors (Lipinski definition) is 2. The maximum atomic E-state index is 13.1. The number of benzene rings is 1. The molecule has 0 radical (unpaired) electrons. The lowest BCUT2D eigenvalue weighted by atomic mass is 10.3. The molecule has 19 heavy (non-hydrogen) atoms. The Morgan fingerprint density at radius 3 is 2.84 bits per heavy atom. The van der Waals surface area contributed by atoms with E-state index in [-0.39, 0.29) is 5.82 Å². The lowest BCUT2D eigenvalue weighted by molar-refractivity contribution is 0.624. The van der Waals surface area contributed by atoms with Crippen LogP contribution >= 0.6 is 11.8 Å². The van der Waals surface area contributed by atoms with Crippen molar-refractivity contribution < 1.29 is 4.39 Å². The first kappa shape index (κ1) is 13.8. The van der Waals surface area contributed by atoms with E-state index in [1.807, 2.05) is 19.1 Å². The van der Waals surface area contributed by atoms with Crippen molar-refractivity contribution in [3.8, 4) is 0 Å². The van der Waals surface area contributed by atoms with E-state index in [1.54, 1.807) is 6.07 Å². The van der Waals surface area contributed by atoms with Gasteiger partial charge in [0.2, 0.25) is 0 Å². The van der Waals surface area contributed by atoms with Gasteiger partial charge in [-0.15, -0.1) is 11.8 Å². The standard InChI is InChI=1S/C13H15FN4S/c1-2-10-7-12(18-15)17-13(16-10)8-19-11-5-3-4-9(14)6-11/h3-7H,2,8,15H2,1H3,(H,16,17,18). The van der Waals surface area contributed by atoms with E-state index >= 15 is 0 Å². The van der Waals surface area contributed by atoms with Crippen LogP contribution in [0.1, 0.15) is 18.4 Å². The summed E-state index contributed by atoms with van der Waals surface area (Å²) in [6.45, 7) is 2.02. The summed E-state index contributed by atoms with van der Waals surface area (Å²) in [7, 11) is 0. The van der Waals surface area contributed by atoms with Gasteiger partial charge in [-0.2, -0.15) is 0 Å². The number of nitrogen functional groups attached to an aromatic ring is 1. The van der Waals surface area contributed by atoms with Crippen LogP contribution in [0.5, 0.6) is 0 Å². The van der Waals surface area contributed by atoms with Crippen LogP contribution in [-0.2, 0) is 12.2 Å². The van der Waals surface area contributed by atoms with E-state index in [0.29, 0.717) is 17.4 Å². The number of rotatable bonds is 5. The number of anilines is 1. The Labute approximate surface area is 115 Å². The van der Waals surface area contributed by atoms with E-state index in [9.17, 15) is 4.39 Å². The molecule has 0 saturated carbocycles. The first-order chi connectivity index (χ1) is 9.21. The molecule has 0 saturated heterocycles. The first-order valence-electron chi connectivity index (χ1n) is 5.93. The summed E-state index contributed by atoms with van der Waals surface area (Å²) in [5.74, 6) is 6.99. The quantitative estimate of drug-likeness (QED) is 0.500. The van der Waals surface area contributed by atoms with Gasteiger partial charge in [0.1, 0.15) is 17.5 Å². The number of nitrogens with zero attached hydrogens (tertiary/aromatic N) is 2. The number of aryl methyl sites for hydroxylation is 1.